The minimum Gasteiger partial charge on any atom is -0.465 e. The van der Waals surface area contributed by atoms with E-state index in [1.54, 1.807) is 17.0 Å². The zero-order valence-electron chi connectivity index (χ0n) is 15.5. The molecule has 2 N–H and O–H groups in total. The van der Waals surface area contributed by atoms with Crippen LogP contribution in [0.5, 0.6) is 0 Å². The number of piperazine rings is 1. The van der Waals surface area contributed by atoms with Crippen LogP contribution in [0.25, 0.3) is 23.1 Å². The molecule has 4 rings (SSSR count). The van der Waals surface area contributed by atoms with Gasteiger partial charge in [-0.05, 0) is 29.8 Å². The van der Waals surface area contributed by atoms with Gasteiger partial charge < -0.3 is 14.9 Å². The fraction of sp³-hybridized carbons (Fsp3) is 0.190. The van der Waals surface area contributed by atoms with E-state index in [9.17, 15) is 9.59 Å². The summed E-state index contributed by atoms with van der Waals surface area (Å²) in [7, 11) is 0. The van der Waals surface area contributed by atoms with Gasteiger partial charge in [0.1, 0.15) is 0 Å². The van der Waals surface area contributed by atoms with Gasteiger partial charge in [0.05, 0.1) is 21.8 Å². The molecule has 29 heavy (non-hydrogen) atoms. The summed E-state index contributed by atoms with van der Waals surface area (Å²) in [5.74, 6) is -0.186. The largest absolute Gasteiger partial charge is 0.465 e. The van der Waals surface area contributed by atoms with Crippen LogP contribution in [0.15, 0.2) is 42.5 Å². The highest BCUT2D eigenvalue weighted by Crippen LogP contribution is 2.23. The summed E-state index contributed by atoms with van der Waals surface area (Å²) in [6, 6.07) is 13.2. The van der Waals surface area contributed by atoms with Gasteiger partial charge in [0.2, 0.25) is 0 Å². The molecule has 0 bridgehead atoms. The van der Waals surface area contributed by atoms with Crippen LogP contribution >= 0.6 is 11.6 Å². The van der Waals surface area contributed by atoms with Gasteiger partial charge in [0, 0.05) is 31.6 Å². The Bertz CT molecular complexity index is 1100. The zero-order valence-corrected chi connectivity index (χ0v) is 16.3. The van der Waals surface area contributed by atoms with Gasteiger partial charge in [-0.1, -0.05) is 41.9 Å². The first-order valence-electron chi connectivity index (χ1n) is 9.21. The van der Waals surface area contributed by atoms with Crippen molar-refractivity contribution in [3.8, 4) is 0 Å². The number of amides is 2. The lowest BCUT2D eigenvalue weighted by molar-refractivity contribution is 0.0625. The van der Waals surface area contributed by atoms with E-state index in [2.05, 4.69) is 10.2 Å². The minimum atomic E-state index is -0.962. The number of nitrogens with zero attached hydrogens (tertiary/aromatic N) is 3. The molecule has 0 unspecified atom stereocenters. The molecule has 0 saturated carbocycles. The smallest absolute Gasteiger partial charge is 0.407 e. The molecular weight excluding hydrogens is 392 g/mol. The van der Waals surface area contributed by atoms with Crippen LogP contribution < -0.4 is 0 Å². The van der Waals surface area contributed by atoms with E-state index in [0.29, 0.717) is 36.8 Å². The third-order valence-corrected chi connectivity index (χ3v) is 5.31. The Morgan fingerprint density at radius 2 is 1.76 bits per heavy atom. The molecule has 1 saturated heterocycles. The molecule has 148 valence electrons. The maximum absolute atomic E-state index is 12.7. The van der Waals surface area contributed by atoms with Crippen LogP contribution in [-0.2, 0) is 0 Å². The van der Waals surface area contributed by atoms with Gasteiger partial charge in [-0.3, -0.25) is 9.89 Å². The molecule has 0 atom stereocenters. The van der Waals surface area contributed by atoms with E-state index >= 15 is 0 Å². The Kier molecular flexibility index (Phi) is 5.22. The van der Waals surface area contributed by atoms with Crippen molar-refractivity contribution in [2.45, 2.75) is 0 Å². The number of aromatic nitrogens is 2. The van der Waals surface area contributed by atoms with Crippen LogP contribution in [0.1, 0.15) is 21.6 Å². The summed E-state index contributed by atoms with van der Waals surface area (Å²) in [5, 5.41) is 17.7. The summed E-state index contributed by atoms with van der Waals surface area (Å²) >= 11 is 6.37. The van der Waals surface area contributed by atoms with Crippen molar-refractivity contribution in [3.05, 3.63) is 64.3 Å². The number of para-hydroxylation sites is 1. The number of carbonyl (C=O) groups is 2. The average Bonchev–Trinajstić information content (AvgIpc) is 3.15. The highest BCUT2D eigenvalue weighted by Gasteiger charge is 2.25. The molecule has 8 heteroatoms. The van der Waals surface area contributed by atoms with Crippen molar-refractivity contribution in [1.82, 2.24) is 20.0 Å². The minimum absolute atomic E-state index is 0.186. The Balaban J connectivity index is 1.48. The predicted octanol–water partition coefficient (Wildman–Crippen LogP) is 3.82. The molecule has 0 spiro atoms. The Hall–Kier alpha value is -3.32. The van der Waals surface area contributed by atoms with Crippen molar-refractivity contribution >= 4 is 46.7 Å². The van der Waals surface area contributed by atoms with Crippen LogP contribution in [0, 0.1) is 0 Å². The summed E-state index contributed by atoms with van der Waals surface area (Å²) in [6.07, 6.45) is 2.84. The number of benzene rings is 2. The first-order valence-corrected chi connectivity index (χ1v) is 9.58. The number of carboxylic acid groups (broad SMARTS) is 1. The number of hydrogen-bond donors (Lipinski definition) is 2. The van der Waals surface area contributed by atoms with E-state index in [1.807, 2.05) is 42.5 Å². The number of rotatable bonds is 3. The lowest BCUT2D eigenvalue weighted by Gasteiger charge is -2.33. The molecule has 1 aliphatic heterocycles. The molecule has 7 nitrogen and oxygen atoms in total. The topological polar surface area (TPSA) is 89.5 Å². The second kappa shape index (κ2) is 7.97. The quantitative estimate of drug-likeness (QED) is 0.686. The number of nitrogens with one attached hydrogen (secondary N) is 1. The third-order valence-electron chi connectivity index (χ3n) is 4.99. The molecule has 0 radical (unpaired) electrons. The maximum atomic E-state index is 12.7. The van der Waals surface area contributed by atoms with Crippen LogP contribution in [0.3, 0.4) is 0 Å². The number of H-pyrrole nitrogens is 1. The first kappa shape index (κ1) is 19.0. The highest BCUT2D eigenvalue weighted by molar-refractivity contribution is 6.34. The van der Waals surface area contributed by atoms with Crippen molar-refractivity contribution < 1.29 is 14.7 Å². The molecule has 1 aliphatic rings. The molecule has 1 aromatic heterocycles. The van der Waals surface area contributed by atoms with Crippen molar-refractivity contribution in [2.24, 2.45) is 0 Å². The van der Waals surface area contributed by atoms with Crippen LogP contribution in [0.4, 0.5) is 4.79 Å². The van der Waals surface area contributed by atoms with Gasteiger partial charge >= 0.3 is 6.09 Å². The second-order valence-electron chi connectivity index (χ2n) is 6.79. The monoisotopic (exact) mass is 410 g/mol. The number of carbonyl (C=O) groups excluding carboxylic acids is 1. The number of fused-ring (bicyclic) bond motifs is 1. The number of halogens is 1. The first-order chi connectivity index (χ1) is 14.0. The average molecular weight is 411 g/mol. The standard InChI is InChI=1S/C21H19ClN4O3/c22-17-13-14(6-8-19-16-3-1-2-4-18(16)23-24-19)5-7-15(17)20(27)25-9-11-26(12-10-25)21(28)29/h1-8,13H,9-12H2,(H,23,24)(H,28,29). The van der Waals surface area contributed by atoms with E-state index in [-0.39, 0.29) is 5.91 Å². The summed E-state index contributed by atoms with van der Waals surface area (Å²) < 4.78 is 0. The van der Waals surface area contributed by atoms with Gasteiger partial charge in [0.15, 0.2) is 0 Å². The fourth-order valence-electron chi connectivity index (χ4n) is 3.37. The van der Waals surface area contributed by atoms with Crippen LogP contribution in [-0.4, -0.2) is 63.3 Å². The van der Waals surface area contributed by atoms with E-state index in [4.69, 9.17) is 16.7 Å². The summed E-state index contributed by atoms with van der Waals surface area (Å²) in [5.41, 5.74) is 3.06. The van der Waals surface area contributed by atoms with E-state index in [0.717, 1.165) is 22.2 Å². The Morgan fingerprint density at radius 3 is 2.48 bits per heavy atom. The molecule has 1 fully saturated rings. The van der Waals surface area contributed by atoms with Crippen molar-refractivity contribution in [2.75, 3.05) is 26.2 Å². The van der Waals surface area contributed by atoms with Gasteiger partial charge in [0.25, 0.3) is 5.91 Å². The van der Waals surface area contributed by atoms with Gasteiger partial charge in [-0.25, -0.2) is 4.79 Å². The summed E-state index contributed by atoms with van der Waals surface area (Å²) in [4.78, 5) is 26.7. The lowest BCUT2D eigenvalue weighted by Crippen LogP contribution is -2.50. The van der Waals surface area contributed by atoms with Gasteiger partial charge in [-0.2, -0.15) is 5.10 Å². The fourth-order valence-corrected chi connectivity index (χ4v) is 3.64. The third kappa shape index (κ3) is 3.95. The van der Waals surface area contributed by atoms with Gasteiger partial charge in [-0.15, -0.1) is 0 Å². The highest BCUT2D eigenvalue weighted by atomic mass is 35.5. The molecule has 0 aliphatic carbocycles. The normalized spacial score (nSPS) is 14.7. The van der Waals surface area contributed by atoms with Crippen molar-refractivity contribution in [1.29, 1.82) is 0 Å². The molecule has 2 amide bonds. The molecule has 3 aromatic rings. The van der Waals surface area contributed by atoms with Crippen LogP contribution in [0.2, 0.25) is 5.02 Å². The van der Waals surface area contributed by atoms with E-state index in [1.165, 1.54) is 4.90 Å². The SMILES string of the molecule is O=C(O)N1CCN(C(=O)c2ccc(C=Cc3n[nH]c4ccccc34)cc2Cl)CC1. The summed E-state index contributed by atoms with van der Waals surface area (Å²) in [6.45, 7) is 1.32. The predicted molar refractivity (Wildman–Crippen MR) is 112 cm³/mol. The Labute approximate surface area is 172 Å². The lowest BCUT2D eigenvalue weighted by atomic mass is 10.1. The number of hydrogen-bond acceptors (Lipinski definition) is 3. The van der Waals surface area contributed by atoms with Crippen molar-refractivity contribution in [3.63, 3.8) is 0 Å². The molecular formula is C21H19ClN4O3. The number of aromatic amines is 1. The zero-order chi connectivity index (χ0) is 20.4. The Morgan fingerprint density at radius 1 is 1.03 bits per heavy atom. The van der Waals surface area contributed by atoms with E-state index < -0.39 is 6.09 Å². The second-order valence-corrected chi connectivity index (χ2v) is 7.20. The maximum Gasteiger partial charge on any atom is 0.407 e. The molecule has 2 heterocycles. The molecule has 2 aromatic carbocycles.